The molecule has 0 heterocycles. The summed E-state index contributed by atoms with van der Waals surface area (Å²) in [6, 6.07) is 23.5. The number of benzene rings is 3. The van der Waals surface area contributed by atoms with Crippen molar-refractivity contribution in [1.82, 2.24) is 0 Å². The molecule has 0 aromatic heterocycles. The lowest BCUT2D eigenvalue weighted by Crippen LogP contribution is -2.11. The summed E-state index contributed by atoms with van der Waals surface area (Å²) in [6.45, 7) is -0.0604. The molecule has 0 radical (unpaired) electrons. The second kappa shape index (κ2) is 7.66. The van der Waals surface area contributed by atoms with Gasteiger partial charge < -0.3 is 9.47 Å². The van der Waals surface area contributed by atoms with Gasteiger partial charge >= 0.3 is 0 Å². The maximum absolute atomic E-state index is 12.1. The van der Waals surface area contributed by atoms with Crippen LogP contribution in [-0.4, -0.2) is 12.4 Å². The van der Waals surface area contributed by atoms with E-state index in [0.29, 0.717) is 22.1 Å². The molecule has 0 N–H and O–H groups in total. The molecule has 0 atom stereocenters. The van der Waals surface area contributed by atoms with Gasteiger partial charge in [-0.05, 0) is 36.4 Å². The fourth-order valence-electron chi connectivity index (χ4n) is 2.15. The lowest BCUT2D eigenvalue weighted by molar-refractivity contribution is 0.0921. The molecule has 4 heteroatoms. The van der Waals surface area contributed by atoms with Gasteiger partial charge in [-0.1, -0.05) is 48.0 Å². The summed E-state index contributed by atoms with van der Waals surface area (Å²) in [5, 5.41) is 0.527. The van der Waals surface area contributed by atoms with E-state index in [9.17, 15) is 4.79 Å². The topological polar surface area (TPSA) is 35.5 Å². The van der Waals surface area contributed by atoms with Gasteiger partial charge in [0.2, 0.25) is 0 Å². The minimum absolute atomic E-state index is 0.0604. The number of hydrogen-bond donors (Lipinski definition) is 0. The lowest BCUT2D eigenvalue weighted by atomic mass is 10.1. The first-order chi connectivity index (χ1) is 11.7. The molecule has 0 aliphatic rings. The molecule has 24 heavy (non-hydrogen) atoms. The van der Waals surface area contributed by atoms with E-state index in [1.807, 2.05) is 42.5 Å². The minimum atomic E-state index is -0.133. The van der Waals surface area contributed by atoms with Crippen LogP contribution in [0.15, 0.2) is 78.9 Å². The molecular formula is C20H15ClO3. The Morgan fingerprint density at radius 1 is 0.792 bits per heavy atom. The molecule has 0 saturated carbocycles. The SMILES string of the molecule is O=C(COc1cccc(Oc2ccccc2)c1)c1cccc(Cl)c1. The van der Waals surface area contributed by atoms with Crippen LogP contribution in [0.4, 0.5) is 0 Å². The number of hydrogen-bond acceptors (Lipinski definition) is 3. The number of para-hydroxylation sites is 1. The van der Waals surface area contributed by atoms with Gasteiger partial charge in [0.1, 0.15) is 17.2 Å². The fraction of sp³-hybridized carbons (Fsp3) is 0.0500. The van der Waals surface area contributed by atoms with Crippen LogP contribution in [0.2, 0.25) is 5.02 Å². The molecule has 0 fully saturated rings. The molecule has 0 aliphatic heterocycles. The summed E-state index contributed by atoms with van der Waals surface area (Å²) in [5.74, 6) is 1.82. The van der Waals surface area contributed by atoms with Gasteiger partial charge in [-0.25, -0.2) is 0 Å². The van der Waals surface area contributed by atoms with Crippen LogP contribution >= 0.6 is 11.6 Å². The maximum Gasteiger partial charge on any atom is 0.200 e. The maximum atomic E-state index is 12.1. The minimum Gasteiger partial charge on any atom is -0.485 e. The zero-order valence-electron chi connectivity index (χ0n) is 12.8. The van der Waals surface area contributed by atoms with E-state index in [4.69, 9.17) is 21.1 Å². The molecule has 3 aromatic rings. The predicted molar refractivity (Wildman–Crippen MR) is 94.2 cm³/mol. The molecule has 0 bridgehead atoms. The Morgan fingerprint density at radius 2 is 1.50 bits per heavy atom. The monoisotopic (exact) mass is 338 g/mol. The Morgan fingerprint density at radius 3 is 2.29 bits per heavy atom. The molecule has 0 spiro atoms. The lowest BCUT2D eigenvalue weighted by Gasteiger charge is -2.09. The van der Waals surface area contributed by atoms with E-state index in [-0.39, 0.29) is 12.4 Å². The van der Waals surface area contributed by atoms with E-state index in [2.05, 4.69) is 0 Å². The summed E-state index contributed by atoms with van der Waals surface area (Å²) in [4.78, 5) is 12.1. The first-order valence-corrected chi connectivity index (χ1v) is 7.83. The van der Waals surface area contributed by atoms with Crippen LogP contribution in [0.1, 0.15) is 10.4 Å². The van der Waals surface area contributed by atoms with Crippen molar-refractivity contribution in [3.63, 3.8) is 0 Å². The molecule has 3 rings (SSSR count). The van der Waals surface area contributed by atoms with Gasteiger partial charge in [0.25, 0.3) is 0 Å². The van der Waals surface area contributed by atoms with Crippen LogP contribution in [-0.2, 0) is 0 Å². The Labute approximate surface area is 145 Å². The number of rotatable bonds is 6. The second-order valence-corrected chi connectivity index (χ2v) is 5.55. The van der Waals surface area contributed by atoms with Crippen molar-refractivity contribution in [2.45, 2.75) is 0 Å². The summed E-state index contributed by atoms with van der Waals surface area (Å²) >= 11 is 5.89. The number of ether oxygens (including phenoxy) is 2. The number of carbonyl (C=O) groups is 1. The fourth-order valence-corrected chi connectivity index (χ4v) is 2.34. The van der Waals surface area contributed by atoms with Crippen molar-refractivity contribution in [2.24, 2.45) is 0 Å². The summed E-state index contributed by atoms with van der Waals surface area (Å²) in [7, 11) is 0. The van der Waals surface area contributed by atoms with Crippen molar-refractivity contribution in [3.05, 3.63) is 89.4 Å². The van der Waals surface area contributed by atoms with Gasteiger partial charge in [0.05, 0.1) is 0 Å². The molecule has 120 valence electrons. The Hall–Kier alpha value is -2.78. The van der Waals surface area contributed by atoms with Crippen molar-refractivity contribution in [2.75, 3.05) is 6.61 Å². The van der Waals surface area contributed by atoms with Crippen LogP contribution in [0, 0.1) is 0 Å². The van der Waals surface area contributed by atoms with Crippen molar-refractivity contribution < 1.29 is 14.3 Å². The van der Waals surface area contributed by atoms with Crippen LogP contribution in [0.3, 0.4) is 0 Å². The van der Waals surface area contributed by atoms with Gasteiger partial charge in [0, 0.05) is 16.7 Å². The van der Waals surface area contributed by atoms with Gasteiger partial charge in [-0.3, -0.25) is 4.79 Å². The van der Waals surface area contributed by atoms with Crippen LogP contribution in [0.5, 0.6) is 17.2 Å². The molecular weight excluding hydrogens is 324 g/mol. The first kappa shape index (κ1) is 16.1. The average Bonchev–Trinajstić information content (AvgIpc) is 2.61. The molecule has 0 saturated heterocycles. The normalized spacial score (nSPS) is 10.2. The average molecular weight is 339 g/mol. The molecule has 0 aliphatic carbocycles. The number of Topliss-reactive ketones (excluding diaryl/α,β-unsaturated/α-hetero) is 1. The Bertz CT molecular complexity index is 831. The summed E-state index contributed by atoms with van der Waals surface area (Å²) < 4.78 is 11.3. The van der Waals surface area contributed by atoms with E-state index in [0.717, 1.165) is 5.75 Å². The smallest absolute Gasteiger partial charge is 0.200 e. The summed E-state index contributed by atoms with van der Waals surface area (Å²) in [5.41, 5.74) is 0.527. The Balaban J connectivity index is 1.63. The quantitative estimate of drug-likeness (QED) is 0.565. The van der Waals surface area contributed by atoms with Gasteiger partial charge in [0.15, 0.2) is 12.4 Å². The van der Waals surface area contributed by atoms with Gasteiger partial charge in [-0.2, -0.15) is 0 Å². The highest BCUT2D eigenvalue weighted by Gasteiger charge is 2.08. The van der Waals surface area contributed by atoms with Crippen molar-refractivity contribution in [3.8, 4) is 17.2 Å². The highest BCUT2D eigenvalue weighted by atomic mass is 35.5. The Kier molecular flexibility index (Phi) is 5.14. The van der Waals surface area contributed by atoms with E-state index >= 15 is 0 Å². The highest BCUT2D eigenvalue weighted by Crippen LogP contribution is 2.25. The third-order valence-corrected chi connectivity index (χ3v) is 3.54. The van der Waals surface area contributed by atoms with Crippen molar-refractivity contribution >= 4 is 17.4 Å². The van der Waals surface area contributed by atoms with E-state index in [1.165, 1.54) is 0 Å². The molecule has 3 aromatic carbocycles. The standard InChI is InChI=1S/C20H15ClO3/c21-16-7-4-6-15(12-16)20(22)14-23-18-10-5-11-19(13-18)24-17-8-2-1-3-9-17/h1-13H,14H2. The van der Waals surface area contributed by atoms with Crippen molar-refractivity contribution in [1.29, 1.82) is 0 Å². The number of ketones is 1. The first-order valence-electron chi connectivity index (χ1n) is 7.45. The second-order valence-electron chi connectivity index (χ2n) is 5.11. The molecule has 0 unspecified atom stereocenters. The third kappa shape index (κ3) is 4.37. The van der Waals surface area contributed by atoms with E-state index < -0.39 is 0 Å². The molecule has 0 amide bonds. The zero-order chi connectivity index (χ0) is 16.8. The number of carbonyl (C=O) groups excluding carboxylic acids is 1. The highest BCUT2D eigenvalue weighted by molar-refractivity contribution is 6.31. The largest absolute Gasteiger partial charge is 0.485 e. The third-order valence-electron chi connectivity index (χ3n) is 3.30. The number of halogens is 1. The van der Waals surface area contributed by atoms with Crippen LogP contribution in [0.25, 0.3) is 0 Å². The van der Waals surface area contributed by atoms with Gasteiger partial charge in [-0.15, -0.1) is 0 Å². The van der Waals surface area contributed by atoms with E-state index in [1.54, 1.807) is 36.4 Å². The molecule has 3 nitrogen and oxygen atoms in total. The van der Waals surface area contributed by atoms with Crippen LogP contribution < -0.4 is 9.47 Å². The predicted octanol–water partition coefficient (Wildman–Crippen LogP) is 5.39. The summed E-state index contributed by atoms with van der Waals surface area (Å²) in [6.07, 6.45) is 0. The zero-order valence-corrected chi connectivity index (χ0v) is 13.6.